The van der Waals surface area contributed by atoms with Crippen LogP contribution < -0.4 is 0 Å². The Morgan fingerprint density at radius 2 is 2.00 bits per heavy atom. The van der Waals surface area contributed by atoms with Crippen molar-refractivity contribution in [1.82, 2.24) is 9.88 Å². The Bertz CT molecular complexity index is 595. The van der Waals surface area contributed by atoms with Crippen molar-refractivity contribution in [2.75, 3.05) is 6.54 Å². The molecule has 96 valence electrons. The summed E-state index contributed by atoms with van der Waals surface area (Å²) < 4.78 is 0. The van der Waals surface area contributed by atoms with Crippen molar-refractivity contribution >= 4 is 5.91 Å². The summed E-state index contributed by atoms with van der Waals surface area (Å²) in [6.45, 7) is 3.60. The van der Waals surface area contributed by atoms with Crippen LogP contribution in [-0.4, -0.2) is 22.3 Å². The molecule has 0 bridgehead atoms. The van der Waals surface area contributed by atoms with Gasteiger partial charge in [0.1, 0.15) is 5.69 Å². The molecule has 3 rings (SSSR count). The van der Waals surface area contributed by atoms with E-state index in [1.54, 1.807) is 12.3 Å². The SMILES string of the molecule is CC1CN(C(=O)c2ccccn2)Cc2ccccc21. The van der Waals surface area contributed by atoms with E-state index in [1.807, 2.05) is 23.1 Å². The van der Waals surface area contributed by atoms with Crippen LogP contribution in [0.2, 0.25) is 0 Å². The third-order valence-electron chi connectivity index (χ3n) is 3.61. The summed E-state index contributed by atoms with van der Waals surface area (Å²) in [7, 11) is 0. The number of hydrogen-bond donors (Lipinski definition) is 0. The standard InChI is InChI=1S/C16H16N2O/c1-12-10-18(11-13-6-2-3-7-14(12)13)16(19)15-8-4-5-9-17-15/h2-9,12H,10-11H2,1H3. The molecule has 1 aromatic carbocycles. The van der Waals surface area contributed by atoms with Crippen LogP contribution in [0.1, 0.15) is 34.5 Å². The number of aromatic nitrogens is 1. The second kappa shape index (κ2) is 4.84. The molecule has 3 nitrogen and oxygen atoms in total. The van der Waals surface area contributed by atoms with E-state index in [0.29, 0.717) is 18.2 Å². The van der Waals surface area contributed by atoms with Crippen LogP contribution in [0.5, 0.6) is 0 Å². The molecule has 1 aliphatic heterocycles. The highest BCUT2D eigenvalue weighted by Crippen LogP contribution is 2.28. The van der Waals surface area contributed by atoms with E-state index in [0.717, 1.165) is 6.54 Å². The zero-order chi connectivity index (χ0) is 13.2. The van der Waals surface area contributed by atoms with Crippen LogP contribution >= 0.6 is 0 Å². The molecule has 0 aliphatic carbocycles. The molecule has 1 unspecified atom stereocenters. The predicted octanol–water partition coefficient (Wildman–Crippen LogP) is 2.84. The molecule has 0 N–H and O–H groups in total. The van der Waals surface area contributed by atoms with E-state index >= 15 is 0 Å². The molecule has 0 saturated heterocycles. The summed E-state index contributed by atoms with van der Waals surface area (Å²) in [6, 6.07) is 13.8. The average molecular weight is 252 g/mol. The smallest absolute Gasteiger partial charge is 0.272 e. The maximum Gasteiger partial charge on any atom is 0.272 e. The highest BCUT2D eigenvalue weighted by Gasteiger charge is 2.26. The molecule has 0 spiro atoms. The van der Waals surface area contributed by atoms with Crippen LogP contribution in [0.4, 0.5) is 0 Å². The molecule has 2 heterocycles. The maximum absolute atomic E-state index is 12.4. The van der Waals surface area contributed by atoms with Gasteiger partial charge in [-0.15, -0.1) is 0 Å². The van der Waals surface area contributed by atoms with E-state index in [9.17, 15) is 4.79 Å². The first kappa shape index (κ1) is 11.9. The number of hydrogen-bond acceptors (Lipinski definition) is 2. The minimum absolute atomic E-state index is 0.0157. The molecule has 1 amide bonds. The van der Waals surface area contributed by atoms with Crippen LogP contribution in [0.25, 0.3) is 0 Å². The lowest BCUT2D eigenvalue weighted by atomic mass is 9.91. The van der Waals surface area contributed by atoms with E-state index in [4.69, 9.17) is 0 Å². The Labute approximate surface area is 112 Å². The van der Waals surface area contributed by atoms with Crippen LogP contribution in [0, 0.1) is 0 Å². The van der Waals surface area contributed by atoms with Gasteiger partial charge in [0.25, 0.3) is 5.91 Å². The van der Waals surface area contributed by atoms with Gasteiger partial charge in [0.2, 0.25) is 0 Å². The summed E-state index contributed by atoms with van der Waals surface area (Å²) in [5, 5.41) is 0. The third-order valence-corrected chi connectivity index (χ3v) is 3.61. The van der Waals surface area contributed by atoms with Crippen molar-refractivity contribution in [2.24, 2.45) is 0 Å². The van der Waals surface area contributed by atoms with Gasteiger partial charge in [0.15, 0.2) is 0 Å². The number of benzene rings is 1. The first-order valence-corrected chi connectivity index (χ1v) is 6.54. The minimum atomic E-state index is 0.0157. The van der Waals surface area contributed by atoms with Gasteiger partial charge in [-0.1, -0.05) is 37.3 Å². The van der Waals surface area contributed by atoms with Gasteiger partial charge in [-0.3, -0.25) is 9.78 Å². The summed E-state index contributed by atoms with van der Waals surface area (Å²) in [5.74, 6) is 0.388. The fourth-order valence-electron chi connectivity index (χ4n) is 2.66. The van der Waals surface area contributed by atoms with Crippen LogP contribution in [0.3, 0.4) is 0 Å². The van der Waals surface area contributed by atoms with Gasteiger partial charge in [-0.05, 0) is 29.2 Å². The fraction of sp³-hybridized carbons (Fsp3) is 0.250. The topological polar surface area (TPSA) is 33.2 Å². The molecule has 0 fully saturated rings. The number of nitrogens with zero attached hydrogens (tertiary/aromatic N) is 2. The molecule has 0 saturated carbocycles. The first-order valence-electron chi connectivity index (χ1n) is 6.54. The number of carbonyl (C=O) groups is 1. The second-order valence-corrected chi connectivity index (χ2v) is 5.00. The molecule has 2 aromatic rings. The zero-order valence-electron chi connectivity index (χ0n) is 10.9. The van der Waals surface area contributed by atoms with Crippen molar-refractivity contribution in [3.63, 3.8) is 0 Å². The van der Waals surface area contributed by atoms with Gasteiger partial charge in [-0.25, -0.2) is 0 Å². The summed E-state index contributed by atoms with van der Waals surface area (Å²) >= 11 is 0. The van der Waals surface area contributed by atoms with Gasteiger partial charge < -0.3 is 4.90 Å². The number of amides is 1. The monoisotopic (exact) mass is 252 g/mol. The lowest BCUT2D eigenvalue weighted by Crippen LogP contribution is -2.37. The fourth-order valence-corrected chi connectivity index (χ4v) is 2.66. The summed E-state index contributed by atoms with van der Waals surface area (Å²) in [5.41, 5.74) is 3.12. The molecule has 19 heavy (non-hydrogen) atoms. The third kappa shape index (κ3) is 2.24. The molecular weight excluding hydrogens is 236 g/mol. The Kier molecular flexibility index (Phi) is 3.03. The molecular formula is C16H16N2O. The van der Waals surface area contributed by atoms with Crippen molar-refractivity contribution in [3.8, 4) is 0 Å². The van der Waals surface area contributed by atoms with Crippen molar-refractivity contribution < 1.29 is 4.79 Å². The van der Waals surface area contributed by atoms with E-state index < -0.39 is 0 Å². The van der Waals surface area contributed by atoms with E-state index in [1.165, 1.54) is 11.1 Å². The van der Waals surface area contributed by atoms with Gasteiger partial charge >= 0.3 is 0 Å². The average Bonchev–Trinajstić information content (AvgIpc) is 2.47. The second-order valence-electron chi connectivity index (χ2n) is 5.00. The van der Waals surface area contributed by atoms with Crippen molar-refractivity contribution in [1.29, 1.82) is 0 Å². The minimum Gasteiger partial charge on any atom is -0.332 e. The molecule has 0 radical (unpaired) electrons. The number of carbonyl (C=O) groups excluding carboxylic acids is 1. The normalized spacial score (nSPS) is 17.9. The zero-order valence-corrected chi connectivity index (χ0v) is 10.9. The molecule has 3 heteroatoms. The number of rotatable bonds is 1. The summed E-state index contributed by atoms with van der Waals surface area (Å²) in [4.78, 5) is 18.4. The molecule has 1 aliphatic rings. The lowest BCUT2D eigenvalue weighted by Gasteiger charge is -2.32. The molecule has 1 atom stereocenters. The van der Waals surface area contributed by atoms with Gasteiger partial charge in [0, 0.05) is 19.3 Å². The quantitative estimate of drug-likeness (QED) is 0.782. The Morgan fingerprint density at radius 1 is 1.21 bits per heavy atom. The van der Waals surface area contributed by atoms with E-state index in [-0.39, 0.29) is 5.91 Å². The van der Waals surface area contributed by atoms with Crippen molar-refractivity contribution in [3.05, 3.63) is 65.5 Å². The van der Waals surface area contributed by atoms with Gasteiger partial charge in [0.05, 0.1) is 0 Å². The lowest BCUT2D eigenvalue weighted by molar-refractivity contribution is 0.0715. The maximum atomic E-state index is 12.4. The first-order chi connectivity index (χ1) is 9.25. The van der Waals surface area contributed by atoms with E-state index in [2.05, 4.69) is 30.1 Å². The highest BCUT2D eigenvalue weighted by atomic mass is 16.2. The summed E-state index contributed by atoms with van der Waals surface area (Å²) in [6.07, 6.45) is 1.66. The molecule has 1 aromatic heterocycles. The Morgan fingerprint density at radius 3 is 2.79 bits per heavy atom. The highest BCUT2D eigenvalue weighted by molar-refractivity contribution is 5.92. The predicted molar refractivity (Wildman–Crippen MR) is 73.8 cm³/mol. The van der Waals surface area contributed by atoms with Crippen LogP contribution in [0.15, 0.2) is 48.7 Å². The largest absolute Gasteiger partial charge is 0.332 e. The Hall–Kier alpha value is -2.16. The number of pyridine rings is 1. The van der Waals surface area contributed by atoms with Crippen molar-refractivity contribution in [2.45, 2.75) is 19.4 Å². The Balaban J connectivity index is 1.88. The van der Waals surface area contributed by atoms with Gasteiger partial charge in [-0.2, -0.15) is 0 Å². The number of fused-ring (bicyclic) bond motifs is 1. The van der Waals surface area contributed by atoms with Crippen LogP contribution in [-0.2, 0) is 6.54 Å².